The third-order valence-electron chi connectivity index (χ3n) is 2.62. The Morgan fingerprint density at radius 2 is 2.27 bits per heavy atom. The number of nitrogens with zero attached hydrogens (tertiary/aromatic N) is 1. The fourth-order valence-electron chi connectivity index (χ4n) is 1.30. The van der Waals surface area contributed by atoms with E-state index < -0.39 is 0 Å². The number of hydrogen-bond acceptors (Lipinski definition) is 2. The molecule has 0 aromatic heterocycles. The summed E-state index contributed by atoms with van der Waals surface area (Å²) in [4.78, 5) is 4.44. The summed E-state index contributed by atoms with van der Waals surface area (Å²) in [6.45, 7) is 8.18. The predicted octanol–water partition coefficient (Wildman–Crippen LogP) is 0.500. The maximum atomic E-state index is 9.15. The average Bonchev–Trinajstić information content (AvgIpc) is 3.03. The van der Waals surface area contributed by atoms with Crippen molar-refractivity contribution in [2.45, 2.75) is 19.8 Å². The molecule has 15 heavy (non-hydrogen) atoms. The van der Waals surface area contributed by atoms with Gasteiger partial charge in [-0.25, -0.2) is 0 Å². The van der Waals surface area contributed by atoms with E-state index in [1.807, 2.05) is 6.92 Å². The van der Waals surface area contributed by atoms with E-state index in [1.165, 1.54) is 0 Å². The largest absolute Gasteiger partial charge is 0.396 e. The van der Waals surface area contributed by atoms with E-state index in [0.717, 1.165) is 25.3 Å². The summed E-state index contributed by atoms with van der Waals surface area (Å²) in [6.07, 6.45) is 3.98. The van der Waals surface area contributed by atoms with Gasteiger partial charge in [0.15, 0.2) is 5.96 Å². The molecule has 4 nitrogen and oxygen atoms in total. The molecule has 0 radical (unpaired) electrons. The van der Waals surface area contributed by atoms with Crippen molar-refractivity contribution in [2.24, 2.45) is 10.4 Å². The highest BCUT2D eigenvalue weighted by Crippen LogP contribution is 2.45. The van der Waals surface area contributed by atoms with E-state index in [-0.39, 0.29) is 12.0 Å². The van der Waals surface area contributed by atoms with E-state index in [9.17, 15) is 0 Å². The zero-order chi connectivity index (χ0) is 11.1. The van der Waals surface area contributed by atoms with Crippen LogP contribution < -0.4 is 10.6 Å². The van der Waals surface area contributed by atoms with Gasteiger partial charge in [0.25, 0.3) is 0 Å². The van der Waals surface area contributed by atoms with Crippen LogP contribution in [0.15, 0.2) is 17.6 Å². The lowest BCUT2D eigenvalue weighted by atomic mass is 10.1. The zero-order valence-corrected chi connectivity index (χ0v) is 9.42. The molecule has 0 amide bonds. The van der Waals surface area contributed by atoms with Crippen LogP contribution in [0.3, 0.4) is 0 Å². The van der Waals surface area contributed by atoms with Crippen molar-refractivity contribution >= 4 is 5.96 Å². The van der Waals surface area contributed by atoms with Gasteiger partial charge in [-0.3, -0.25) is 4.99 Å². The van der Waals surface area contributed by atoms with Crippen LogP contribution >= 0.6 is 0 Å². The van der Waals surface area contributed by atoms with Crippen molar-refractivity contribution < 1.29 is 5.11 Å². The second-order valence-electron chi connectivity index (χ2n) is 4.02. The van der Waals surface area contributed by atoms with Crippen LogP contribution in [0.25, 0.3) is 0 Å². The van der Waals surface area contributed by atoms with Crippen LogP contribution in [0.2, 0.25) is 0 Å². The first-order chi connectivity index (χ1) is 7.26. The molecule has 3 N–H and O–H groups in total. The van der Waals surface area contributed by atoms with Crippen LogP contribution in [-0.2, 0) is 0 Å². The second kappa shape index (κ2) is 5.75. The van der Waals surface area contributed by atoms with Crippen molar-refractivity contribution in [3.05, 3.63) is 12.7 Å². The lowest BCUT2D eigenvalue weighted by Gasteiger charge is -2.12. The van der Waals surface area contributed by atoms with Crippen molar-refractivity contribution in [2.75, 3.05) is 26.2 Å². The van der Waals surface area contributed by atoms with E-state index >= 15 is 0 Å². The van der Waals surface area contributed by atoms with Gasteiger partial charge in [-0.2, -0.15) is 0 Å². The highest BCUT2D eigenvalue weighted by molar-refractivity contribution is 5.79. The Bertz CT molecular complexity index is 234. The van der Waals surface area contributed by atoms with Crippen LogP contribution in [0.4, 0.5) is 0 Å². The number of guanidine groups is 1. The van der Waals surface area contributed by atoms with Crippen molar-refractivity contribution in [1.29, 1.82) is 0 Å². The highest BCUT2D eigenvalue weighted by atomic mass is 16.3. The van der Waals surface area contributed by atoms with E-state index in [0.29, 0.717) is 13.1 Å². The molecule has 0 heterocycles. The predicted molar refractivity (Wildman–Crippen MR) is 62.9 cm³/mol. The first-order valence-electron chi connectivity index (χ1n) is 5.50. The van der Waals surface area contributed by atoms with Crippen molar-refractivity contribution in [1.82, 2.24) is 10.6 Å². The number of nitrogens with one attached hydrogen (secondary N) is 2. The van der Waals surface area contributed by atoms with Gasteiger partial charge in [0.2, 0.25) is 0 Å². The maximum Gasteiger partial charge on any atom is 0.191 e. The molecule has 1 rings (SSSR count). The van der Waals surface area contributed by atoms with E-state index in [4.69, 9.17) is 5.11 Å². The summed E-state index contributed by atoms with van der Waals surface area (Å²) in [5, 5.41) is 15.4. The molecule has 86 valence electrons. The van der Waals surface area contributed by atoms with Gasteiger partial charge in [-0.1, -0.05) is 6.08 Å². The summed E-state index contributed by atoms with van der Waals surface area (Å²) >= 11 is 0. The fraction of sp³-hybridized carbons (Fsp3) is 0.727. The molecule has 4 heteroatoms. The first-order valence-corrected chi connectivity index (χ1v) is 5.50. The normalized spacial score (nSPS) is 18.4. The molecule has 0 aliphatic heterocycles. The van der Waals surface area contributed by atoms with Crippen LogP contribution in [-0.4, -0.2) is 37.3 Å². The molecular formula is C11H21N3O. The number of aliphatic hydroxyl groups is 1. The maximum absolute atomic E-state index is 9.15. The molecule has 0 aromatic rings. The minimum absolute atomic E-state index is 0.0799. The van der Waals surface area contributed by atoms with Gasteiger partial charge in [0.05, 0.1) is 13.2 Å². The minimum atomic E-state index is 0.0799. The van der Waals surface area contributed by atoms with Gasteiger partial charge < -0.3 is 15.7 Å². The lowest BCUT2D eigenvalue weighted by Crippen LogP contribution is -2.37. The molecule has 1 aliphatic rings. The standard InChI is InChI=1S/C11H21N3O/c1-3-7-13-10(12-4-2)14-8-11(9-15)5-6-11/h3,15H,1,4-9H2,2H3,(H2,12,13,14). The Balaban J connectivity index is 2.39. The second-order valence-corrected chi connectivity index (χ2v) is 4.02. The van der Waals surface area contributed by atoms with Crippen LogP contribution in [0, 0.1) is 5.41 Å². The minimum Gasteiger partial charge on any atom is -0.396 e. The average molecular weight is 211 g/mol. The number of aliphatic hydroxyl groups excluding tert-OH is 1. The lowest BCUT2D eigenvalue weighted by molar-refractivity contribution is 0.217. The van der Waals surface area contributed by atoms with E-state index in [2.05, 4.69) is 22.2 Å². The molecule has 0 saturated heterocycles. The third-order valence-corrected chi connectivity index (χ3v) is 2.62. The molecule has 0 unspecified atom stereocenters. The van der Waals surface area contributed by atoms with Crippen molar-refractivity contribution in [3.8, 4) is 0 Å². The van der Waals surface area contributed by atoms with Gasteiger partial charge in [0, 0.05) is 18.5 Å². The van der Waals surface area contributed by atoms with Gasteiger partial charge >= 0.3 is 0 Å². The highest BCUT2D eigenvalue weighted by Gasteiger charge is 2.41. The summed E-state index contributed by atoms with van der Waals surface area (Å²) in [7, 11) is 0. The molecule has 1 saturated carbocycles. The fourth-order valence-corrected chi connectivity index (χ4v) is 1.30. The summed E-state index contributed by atoms with van der Waals surface area (Å²) in [5.41, 5.74) is 0.0799. The van der Waals surface area contributed by atoms with Gasteiger partial charge in [-0.15, -0.1) is 6.58 Å². The number of rotatable bonds is 6. The Morgan fingerprint density at radius 3 is 2.73 bits per heavy atom. The molecule has 0 atom stereocenters. The zero-order valence-electron chi connectivity index (χ0n) is 9.42. The molecule has 0 spiro atoms. The molecule has 1 aliphatic carbocycles. The molecule has 0 bridgehead atoms. The van der Waals surface area contributed by atoms with Gasteiger partial charge in [-0.05, 0) is 19.8 Å². The first kappa shape index (κ1) is 12.0. The SMILES string of the molecule is C=CCNC(=NCC1(CO)CC1)NCC. The molecule has 0 aromatic carbocycles. The molecule has 1 fully saturated rings. The number of hydrogen-bond donors (Lipinski definition) is 3. The van der Waals surface area contributed by atoms with E-state index in [1.54, 1.807) is 6.08 Å². The Morgan fingerprint density at radius 1 is 1.53 bits per heavy atom. The van der Waals surface area contributed by atoms with Gasteiger partial charge in [0.1, 0.15) is 0 Å². The Labute approximate surface area is 91.5 Å². The summed E-state index contributed by atoms with van der Waals surface area (Å²) < 4.78 is 0. The van der Waals surface area contributed by atoms with Crippen molar-refractivity contribution in [3.63, 3.8) is 0 Å². The Kier molecular flexibility index (Phi) is 4.62. The monoisotopic (exact) mass is 211 g/mol. The van der Waals surface area contributed by atoms with Crippen LogP contribution in [0.1, 0.15) is 19.8 Å². The summed E-state index contributed by atoms with van der Waals surface area (Å²) in [6, 6.07) is 0. The number of aliphatic imine (C=N–C) groups is 1. The Hall–Kier alpha value is -1.03. The summed E-state index contributed by atoms with van der Waals surface area (Å²) in [5.74, 6) is 0.803. The topological polar surface area (TPSA) is 56.7 Å². The third kappa shape index (κ3) is 3.91. The molecular weight excluding hydrogens is 190 g/mol. The quantitative estimate of drug-likeness (QED) is 0.341. The smallest absolute Gasteiger partial charge is 0.191 e. The van der Waals surface area contributed by atoms with Crippen LogP contribution in [0.5, 0.6) is 0 Å².